The van der Waals surface area contributed by atoms with Crippen molar-refractivity contribution in [2.45, 2.75) is 52.7 Å². The van der Waals surface area contributed by atoms with E-state index >= 15 is 0 Å². The Morgan fingerprint density at radius 2 is 1.49 bits per heavy atom. The summed E-state index contributed by atoms with van der Waals surface area (Å²) in [7, 11) is 4.22. The first kappa shape index (κ1) is 33.2. The van der Waals surface area contributed by atoms with Crippen LogP contribution in [-0.2, 0) is 19.1 Å². The lowest BCUT2D eigenvalue weighted by Crippen LogP contribution is -2.41. The molecule has 1 aliphatic rings. The molecule has 1 atom stereocenters. The molecule has 2 aromatic carbocycles. The van der Waals surface area contributed by atoms with Crippen LogP contribution in [0.2, 0.25) is 0 Å². The van der Waals surface area contributed by atoms with Gasteiger partial charge in [-0.25, -0.2) is 9.59 Å². The molecule has 3 aromatic rings. The Labute approximate surface area is 265 Å². The monoisotopic (exact) mass is 638 g/mol. The molecular weight excluding hydrogens is 600 g/mol. The third kappa shape index (κ3) is 6.70. The number of ether oxygens (including phenoxy) is 6. The van der Waals surface area contributed by atoms with Crippen molar-refractivity contribution in [1.82, 2.24) is 4.57 Å². The molecule has 0 amide bonds. The van der Waals surface area contributed by atoms with E-state index in [4.69, 9.17) is 34.2 Å². The van der Waals surface area contributed by atoms with Crippen molar-refractivity contribution in [1.29, 1.82) is 0 Å². The maximum atomic E-state index is 13.9. The number of benzene rings is 2. The Balaban J connectivity index is 2.04. The van der Waals surface area contributed by atoms with Gasteiger partial charge in [0, 0.05) is 0 Å². The molecule has 0 fully saturated rings. The van der Waals surface area contributed by atoms with E-state index in [-0.39, 0.29) is 45.0 Å². The highest BCUT2D eigenvalue weighted by atomic mass is 32.1. The van der Waals surface area contributed by atoms with E-state index in [9.17, 15) is 14.4 Å². The summed E-state index contributed by atoms with van der Waals surface area (Å²) < 4.78 is 35.0. The Morgan fingerprint density at radius 1 is 0.889 bits per heavy atom. The van der Waals surface area contributed by atoms with Crippen molar-refractivity contribution in [3.8, 4) is 23.0 Å². The number of rotatable bonds is 11. The number of carbonyl (C=O) groups is 2. The van der Waals surface area contributed by atoms with Gasteiger partial charge in [0.25, 0.3) is 5.56 Å². The summed E-state index contributed by atoms with van der Waals surface area (Å²) >= 11 is 1.06. The summed E-state index contributed by atoms with van der Waals surface area (Å²) in [6, 6.07) is 10.4. The van der Waals surface area contributed by atoms with Crippen molar-refractivity contribution >= 4 is 40.7 Å². The van der Waals surface area contributed by atoms with E-state index in [0.717, 1.165) is 15.9 Å². The van der Waals surface area contributed by atoms with Crippen molar-refractivity contribution in [3.63, 3.8) is 0 Å². The van der Waals surface area contributed by atoms with Crippen LogP contribution in [0.1, 0.15) is 51.7 Å². The number of esters is 2. The van der Waals surface area contributed by atoms with Crippen LogP contribution in [-0.4, -0.2) is 56.6 Å². The topological polar surface area (TPSA) is 138 Å². The minimum atomic E-state index is -1.04. The molecule has 4 rings (SSSR count). The summed E-state index contributed by atoms with van der Waals surface area (Å²) in [5, 5.41) is 0. The summed E-state index contributed by atoms with van der Waals surface area (Å²) in [5.74, 6) is -0.809. The molecule has 45 heavy (non-hydrogen) atoms. The number of fused-ring (bicyclic) bond motifs is 1. The molecule has 0 radical (unpaired) electrons. The minimum Gasteiger partial charge on any atom is -0.493 e. The highest BCUT2D eigenvalue weighted by Gasteiger charge is 2.40. The van der Waals surface area contributed by atoms with Gasteiger partial charge in [-0.05, 0) is 76.1 Å². The Hall–Kier alpha value is -4.71. The Kier molecular flexibility index (Phi) is 10.3. The summed E-state index contributed by atoms with van der Waals surface area (Å²) in [4.78, 5) is 40.9. The second-order valence-corrected chi connectivity index (χ2v) is 11.6. The average molecular weight is 639 g/mol. The van der Waals surface area contributed by atoms with E-state index in [0.29, 0.717) is 34.1 Å². The lowest BCUT2D eigenvalue weighted by molar-refractivity contribution is -0.136. The van der Waals surface area contributed by atoms with Crippen molar-refractivity contribution in [3.05, 3.63) is 72.6 Å². The minimum absolute atomic E-state index is 0.0610. The first-order valence-corrected chi connectivity index (χ1v) is 15.2. The van der Waals surface area contributed by atoms with Crippen LogP contribution in [0, 0.1) is 0 Å². The number of aromatic nitrogens is 1. The van der Waals surface area contributed by atoms with Crippen LogP contribution in [0.25, 0.3) is 17.5 Å². The molecule has 240 valence electrons. The first-order chi connectivity index (χ1) is 21.4. The standard InChI is InChI=1S/C33H38N2O9S/c1-9-42-33(38)28-26(20-11-13-22(44-18(4)5)24(16-20)40-7)27(32(37)41-8)29(34)35-30(36)25(45-31(28)35)15-19-10-12-21(43-17(2)3)23(14-19)39-6/h10-18,26H,9,34H2,1-8H3/b25-15+/t26-/m1/s1. The van der Waals surface area contributed by atoms with Crippen LogP contribution < -0.4 is 39.4 Å². The van der Waals surface area contributed by atoms with E-state index in [1.54, 1.807) is 49.4 Å². The zero-order chi connectivity index (χ0) is 33.0. The van der Waals surface area contributed by atoms with E-state index < -0.39 is 23.4 Å². The van der Waals surface area contributed by atoms with Gasteiger partial charge in [0.1, 0.15) is 10.5 Å². The third-order valence-electron chi connectivity index (χ3n) is 6.78. The van der Waals surface area contributed by atoms with Gasteiger partial charge >= 0.3 is 11.9 Å². The number of carbonyl (C=O) groups excluding carboxylic acids is 2. The fourth-order valence-electron chi connectivity index (χ4n) is 4.99. The maximum Gasteiger partial charge on any atom is 0.338 e. The smallest absolute Gasteiger partial charge is 0.338 e. The SMILES string of the molecule is CCOC(=O)C1=c2s/c(=C/c3ccc(OC(C)C)c(OC)c3)c(=O)n2C(N)=C(C(=O)OC)[C@H]1c1ccc(OC(C)C)c(OC)c1. The third-order valence-corrected chi connectivity index (χ3v) is 7.89. The zero-order valence-corrected chi connectivity index (χ0v) is 27.4. The summed E-state index contributed by atoms with van der Waals surface area (Å²) in [5.41, 5.74) is 7.18. The summed E-state index contributed by atoms with van der Waals surface area (Å²) in [6.45, 7) is 9.32. The van der Waals surface area contributed by atoms with Crippen LogP contribution in [0.3, 0.4) is 0 Å². The molecule has 0 saturated carbocycles. The Bertz CT molecular complexity index is 1820. The fraction of sp³-hybridized carbons (Fsp3) is 0.364. The molecule has 1 aromatic heterocycles. The average Bonchev–Trinajstić information content (AvgIpc) is 3.32. The van der Waals surface area contributed by atoms with Gasteiger partial charge in [0.05, 0.1) is 61.7 Å². The quantitative estimate of drug-likeness (QED) is 0.312. The zero-order valence-electron chi connectivity index (χ0n) is 26.6. The number of methoxy groups -OCH3 is 3. The molecular formula is C33H38N2O9S. The molecule has 0 saturated heterocycles. The lowest BCUT2D eigenvalue weighted by Gasteiger charge is -2.27. The number of nitrogens with two attached hydrogens (primary N) is 1. The van der Waals surface area contributed by atoms with Crippen molar-refractivity contribution in [2.24, 2.45) is 5.73 Å². The van der Waals surface area contributed by atoms with Gasteiger partial charge in [0.2, 0.25) is 0 Å². The molecule has 1 aliphatic heterocycles. The van der Waals surface area contributed by atoms with E-state index in [2.05, 4.69) is 0 Å². The normalized spacial score (nSPS) is 14.8. The first-order valence-electron chi connectivity index (χ1n) is 14.4. The van der Waals surface area contributed by atoms with Crippen LogP contribution in [0.15, 0.2) is 46.8 Å². The van der Waals surface area contributed by atoms with Gasteiger partial charge in [-0.1, -0.05) is 12.1 Å². The van der Waals surface area contributed by atoms with Gasteiger partial charge in [-0.15, -0.1) is 11.3 Å². The fourth-order valence-corrected chi connectivity index (χ4v) is 6.15. The van der Waals surface area contributed by atoms with Gasteiger partial charge in [-0.3, -0.25) is 9.36 Å². The number of thiazole rings is 1. The Morgan fingerprint density at radius 3 is 2.04 bits per heavy atom. The number of hydrogen-bond donors (Lipinski definition) is 1. The molecule has 0 unspecified atom stereocenters. The van der Waals surface area contributed by atoms with Crippen molar-refractivity contribution in [2.75, 3.05) is 27.9 Å². The van der Waals surface area contributed by atoms with Crippen LogP contribution in [0.4, 0.5) is 0 Å². The largest absolute Gasteiger partial charge is 0.493 e. The van der Waals surface area contributed by atoms with Crippen molar-refractivity contribution < 1.29 is 38.0 Å². The molecule has 0 spiro atoms. The van der Waals surface area contributed by atoms with Gasteiger partial charge < -0.3 is 34.2 Å². The molecule has 12 heteroatoms. The van der Waals surface area contributed by atoms with Crippen LogP contribution in [0.5, 0.6) is 23.0 Å². The van der Waals surface area contributed by atoms with E-state index in [1.165, 1.54) is 21.3 Å². The van der Waals surface area contributed by atoms with E-state index in [1.807, 2.05) is 27.7 Å². The molecule has 0 aliphatic carbocycles. The second-order valence-electron chi connectivity index (χ2n) is 10.6. The molecule has 2 N–H and O–H groups in total. The highest BCUT2D eigenvalue weighted by Crippen LogP contribution is 2.41. The predicted octanol–water partition coefficient (Wildman–Crippen LogP) is 3.14. The molecule has 0 bridgehead atoms. The predicted molar refractivity (Wildman–Crippen MR) is 171 cm³/mol. The second kappa shape index (κ2) is 13.9. The van der Waals surface area contributed by atoms with Gasteiger partial charge in [-0.2, -0.15) is 0 Å². The number of hydrogen-bond acceptors (Lipinski definition) is 11. The van der Waals surface area contributed by atoms with Crippen LogP contribution >= 0.6 is 11.3 Å². The summed E-state index contributed by atoms with van der Waals surface area (Å²) in [6.07, 6.45) is 1.46. The molecule has 2 heterocycles. The van der Waals surface area contributed by atoms with Gasteiger partial charge in [0.15, 0.2) is 23.0 Å². The maximum absolute atomic E-state index is 13.9. The molecule has 11 nitrogen and oxygen atoms in total. The highest BCUT2D eigenvalue weighted by molar-refractivity contribution is 7.07. The lowest BCUT2D eigenvalue weighted by atomic mass is 9.83. The number of nitrogens with zero attached hydrogens (tertiary/aromatic N) is 1.